The number of aryl methyl sites for hydroxylation is 1. The third-order valence-electron chi connectivity index (χ3n) is 6.84. The minimum atomic E-state index is -1.28. The number of hydrogen-bond acceptors (Lipinski definition) is 4. The van der Waals surface area contributed by atoms with Crippen LogP contribution in [0.2, 0.25) is 0 Å². The third-order valence-corrected chi connectivity index (χ3v) is 6.84. The second kappa shape index (κ2) is 13.9. The Bertz CT molecular complexity index is 1360. The molecule has 40 heavy (non-hydrogen) atoms. The summed E-state index contributed by atoms with van der Waals surface area (Å²) >= 11 is 0. The zero-order valence-electron chi connectivity index (χ0n) is 23.3. The number of benzene rings is 3. The van der Waals surface area contributed by atoms with E-state index in [1.807, 2.05) is 86.3 Å². The SMILES string of the molecule is CC/C=C(\NCCCn1ccnc1)c1cccc(CN(C)C(=O)C(N=CN)(c2ccccc2)c2ccccc2)c1. The van der Waals surface area contributed by atoms with Crippen LogP contribution in [0.15, 0.2) is 115 Å². The molecular weight excluding hydrogens is 496 g/mol. The molecule has 4 rings (SSSR count). The molecule has 0 unspecified atom stereocenters. The summed E-state index contributed by atoms with van der Waals surface area (Å²) in [6, 6.07) is 27.6. The average Bonchev–Trinajstić information content (AvgIpc) is 3.52. The average molecular weight is 535 g/mol. The summed E-state index contributed by atoms with van der Waals surface area (Å²) in [6.07, 6.45) is 11.0. The van der Waals surface area contributed by atoms with Crippen LogP contribution in [-0.2, 0) is 23.4 Å². The van der Waals surface area contributed by atoms with Crippen molar-refractivity contribution in [3.05, 3.63) is 132 Å². The summed E-state index contributed by atoms with van der Waals surface area (Å²) in [6.45, 7) is 4.32. The molecule has 1 heterocycles. The molecule has 0 atom stereocenters. The van der Waals surface area contributed by atoms with Crippen LogP contribution >= 0.6 is 0 Å². The van der Waals surface area contributed by atoms with Gasteiger partial charge in [-0.1, -0.05) is 91.9 Å². The predicted octanol–water partition coefficient (Wildman–Crippen LogP) is 5.20. The molecule has 0 fully saturated rings. The molecule has 0 saturated heterocycles. The number of likely N-dealkylation sites (N-methyl/N-ethyl adjacent to an activating group) is 1. The fourth-order valence-corrected chi connectivity index (χ4v) is 4.95. The summed E-state index contributed by atoms with van der Waals surface area (Å²) in [4.78, 5) is 24.7. The molecule has 0 saturated carbocycles. The Balaban J connectivity index is 1.55. The van der Waals surface area contributed by atoms with Crippen LogP contribution in [0.5, 0.6) is 0 Å². The number of allylic oxidation sites excluding steroid dienone is 1. The first-order valence-corrected chi connectivity index (χ1v) is 13.7. The number of imidazole rings is 1. The number of carbonyl (C=O) groups excluding carboxylic acids is 1. The summed E-state index contributed by atoms with van der Waals surface area (Å²) in [7, 11) is 1.82. The van der Waals surface area contributed by atoms with Crippen LogP contribution in [0.25, 0.3) is 5.70 Å². The van der Waals surface area contributed by atoms with Crippen molar-refractivity contribution in [3.63, 3.8) is 0 Å². The van der Waals surface area contributed by atoms with E-state index in [1.54, 1.807) is 11.1 Å². The molecule has 0 bridgehead atoms. The van der Waals surface area contributed by atoms with Crippen LogP contribution < -0.4 is 11.1 Å². The lowest BCUT2D eigenvalue weighted by Crippen LogP contribution is -2.45. The molecule has 3 aromatic carbocycles. The van der Waals surface area contributed by atoms with E-state index in [0.29, 0.717) is 6.54 Å². The highest BCUT2D eigenvalue weighted by Gasteiger charge is 2.43. The molecular formula is C33H38N6O. The van der Waals surface area contributed by atoms with E-state index in [0.717, 1.165) is 53.9 Å². The van der Waals surface area contributed by atoms with Gasteiger partial charge in [0.2, 0.25) is 0 Å². The van der Waals surface area contributed by atoms with Gasteiger partial charge >= 0.3 is 0 Å². The van der Waals surface area contributed by atoms with E-state index in [1.165, 1.54) is 6.34 Å². The standard InChI is InChI=1S/C33H38N6O/c1-3-12-31(36-19-11-21-39-22-20-35-26-39)28-14-10-13-27(23-28)24-38(2)32(40)33(37-25-34,29-15-6-4-7-16-29)30-17-8-5-9-18-30/h4-10,12-18,20,22-23,25-26,36H,3,11,19,21,24H2,1-2H3,(H2,34,37)/b31-12-. The van der Waals surface area contributed by atoms with E-state index in [-0.39, 0.29) is 5.91 Å². The van der Waals surface area contributed by atoms with Gasteiger partial charge in [0.1, 0.15) is 0 Å². The molecule has 1 aromatic heterocycles. The van der Waals surface area contributed by atoms with Crippen molar-refractivity contribution in [1.29, 1.82) is 0 Å². The van der Waals surface area contributed by atoms with Crippen molar-refractivity contribution in [2.45, 2.75) is 38.4 Å². The van der Waals surface area contributed by atoms with Crippen LogP contribution in [0.4, 0.5) is 0 Å². The number of aromatic nitrogens is 2. The number of nitrogens with zero attached hydrogens (tertiary/aromatic N) is 4. The van der Waals surface area contributed by atoms with Crippen LogP contribution in [0, 0.1) is 0 Å². The van der Waals surface area contributed by atoms with Gasteiger partial charge in [-0.2, -0.15) is 0 Å². The lowest BCUT2D eigenvalue weighted by atomic mass is 9.82. The number of aliphatic imine (C=N–C) groups is 1. The number of nitrogens with two attached hydrogens (primary N) is 1. The first kappa shape index (κ1) is 28.4. The Morgan fingerprint density at radius 1 is 1.05 bits per heavy atom. The highest BCUT2D eigenvalue weighted by atomic mass is 16.2. The van der Waals surface area contributed by atoms with Gasteiger partial charge in [0.05, 0.1) is 12.7 Å². The van der Waals surface area contributed by atoms with E-state index < -0.39 is 5.54 Å². The first-order chi connectivity index (χ1) is 19.6. The molecule has 0 radical (unpaired) electrons. The lowest BCUT2D eigenvalue weighted by molar-refractivity contribution is -0.134. The maximum absolute atomic E-state index is 14.3. The zero-order chi connectivity index (χ0) is 28.2. The normalized spacial score (nSPS) is 12.0. The maximum Gasteiger partial charge on any atom is 0.259 e. The van der Waals surface area contributed by atoms with E-state index in [9.17, 15) is 4.79 Å². The molecule has 0 aliphatic heterocycles. The topological polar surface area (TPSA) is 88.5 Å². The van der Waals surface area contributed by atoms with Gasteiger partial charge in [0, 0.05) is 44.8 Å². The summed E-state index contributed by atoms with van der Waals surface area (Å²) in [5.74, 6) is -0.154. The minimum Gasteiger partial charge on any atom is -0.390 e. The fraction of sp³-hybridized carbons (Fsp3) is 0.242. The van der Waals surface area contributed by atoms with Gasteiger partial charge in [0.15, 0.2) is 5.54 Å². The number of rotatable bonds is 13. The largest absolute Gasteiger partial charge is 0.390 e. The second-order valence-corrected chi connectivity index (χ2v) is 9.69. The lowest BCUT2D eigenvalue weighted by Gasteiger charge is -2.33. The monoisotopic (exact) mass is 534 g/mol. The van der Waals surface area contributed by atoms with Crippen LogP contribution in [-0.4, -0.2) is 40.3 Å². The smallest absolute Gasteiger partial charge is 0.259 e. The fourth-order valence-electron chi connectivity index (χ4n) is 4.95. The Hall–Kier alpha value is -4.65. The third kappa shape index (κ3) is 6.67. The van der Waals surface area contributed by atoms with Crippen molar-refractivity contribution >= 4 is 17.9 Å². The molecule has 0 aliphatic carbocycles. The number of amides is 1. The van der Waals surface area contributed by atoms with Crippen molar-refractivity contribution in [2.24, 2.45) is 10.7 Å². The molecule has 4 aromatic rings. The molecule has 7 heteroatoms. The molecule has 0 aliphatic rings. The summed E-state index contributed by atoms with van der Waals surface area (Å²) in [5, 5.41) is 3.60. The minimum absolute atomic E-state index is 0.154. The number of hydrogen-bond donors (Lipinski definition) is 2. The quantitative estimate of drug-likeness (QED) is 0.140. The van der Waals surface area contributed by atoms with Gasteiger partial charge in [-0.05, 0) is 41.2 Å². The summed E-state index contributed by atoms with van der Waals surface area (Å²) in [5.41, 5.74) is 9.33. The zero-order valence-corrected chi connectivity index (χ0v) is 23.3. The molecule has 1 amide bonds. The van der Waals surface area contributed by atoms with Gasteiger partial charge < -0.3 is 20.5 Å². The van der Waals surface area contributed by atoms with Crippen molar-refractivity contribution < 1.29 is 4.79 Å². The van der Waals surface area contributed by atoms with Gasteiger partial charge in [-0.15, -0.1) is 0 Å². The highest BCUT2D eigenvalue weighted by molar-refractivity contribution is 5.93. The Labute approximate surface area is 237 Å². The Morgan fingerprint density at radius 2 is 1.75 bits per heavy atom. The van der Waals surface area contributed by atoms with E-state index in [2.05, 4.69) is 51.1 Å². The first-order valence-electron chi connectivity index (χ1n) is 13.7. The van der Waals surface area contributed by atoms with E-state index >= 15 is 0 Å². The maximum atomic E-state index is 14.3. The number of carbonyl (C=O) groups is 1. The van der Waals surface area contributed by atoms with Crippen molar-refractivity contribution in [1.82, 2.24) is 19.8 Å². The molecule has 0 spiro atoms. The number of nitrogens with one attached hydrogen (secondary N) is 1. The van der Waals surface area contributed by atoms with Gasteiger partial charge in [-0.25, -0.2) is 9.98 Å². The van der Waals surface area contributed by atoms with Crippen LogP contribution in [0.1, 0.15) is 42.0 Å². The Morgan fingerprint density at radius 3 is 2.35 bits per heavy atom. The molecule has 7 nitrogen and oxygen atoms in total. The predicted molar refractivity (Wildman–Crippen MR) is 162 cm³/mol. The summed E-state index contributed by atoms with van der Waals surface area (Å²) < 4.78 is 2.08. The molecule has 3 N–H and O–H groups in total. The van der Waals surface area contributed by atoms with Gasteiger partial charge in [0.25, 0.3) is 5.91 Å². The van der Waals surface area contributed by atoms with E-state index in [4.69, 9.17) is 5.73 Å². The highest BCUT2D eigenvalue weighted by Crippen LogP contribution is 2.36. The Kier molecular flexibility index (Phi) is 9.88. The van der Waals surface area contributed by atoms with Crippen molar-refractivity contribution in [3.8, 4) is 0 Å². The van der Waals surface area contributed by atoms with Gasteiger partial charge in [-0.3, -0.25) is 4.79 Å². The van der Waals surface area contributed by atoms with Crippen LogP contribution in [0.3, 0.4) is 0 Å². The second-order valence-electron chi connectivity index (χ2n) is 9.69. The molecule has 206 valence electrons. The van der Waals surface area contributed by atoms with Crippen molar-refractivity contribution in [2.75, 3.05) is 13.6 Å².